The lowest BCUT2D eigenvalue weighted by Gasteiger charge is -2.09. The van der Waals surface area contributed by atoms with E-state index in [2.05, 4.69) is 62.2 Å². The highest BCUT2D eigenvalue weighted by Gasteiger charge is 1.98. The molecule has 0 fully saturated rings. The van der Waals surface area contributed by atoms with Crippen molar-refractivity contribution in [2.24, 2.45) is 0 Å². The molecule has 0 spiro atoms. The minimum Gasteiger partial charge on any atom is -0.359 e. The highest BCUT2D eigenvalue weighted by molar-refractivity contribution is 5.32. The highest BCUT2D eigenvalue weighted by Crippen LogP contribution is 2.10. The number of allylic oxidation sites excluding steroid dienone is 9. The molecule has 1 rings (SSSR count). The van der Waals surface area contributed by atoms with Crippen molar-refractivity contribution in [3.8, 4) is 0 Å². The Morgan fingerprint density at radius 2 is 2.29 bits per heavy atom. The van der Waals surface area contributed by atoms with Crippen LogP contribution in [-0.2, 0) is 0 Å². The fourth-order valence-electron chi connectivity index (χ4n) is 1.52. The Kier molecular flexibility index (Phi) is 5.87. The monoisotopic (exact) mass is 227 g/mol. The lowest BCUT2D eigenvalue weighted by molar-refractivity contribution is 0.951. The molecular formula is C16H21N. The minimum absolute atomic E-state index is 0.933. The Balaban J connectivity index is 2.74. The molecule has 0 saturated heterocycles. The van der Waals surface area contributed by atoms with Crippen LogP contribution < -0.4 is 5.32 Å². The van der Waals surface area contributed by atoms with E-state index in [0.29, 0.717) is 0 Å². The molecule has 1 heteroatoms. The van der Waals surface area contributed by atoms with Gasteiger partial charge in [-0.1, -0.05) is 49.5 Å². The maximum Gasteiger partial charge on any atom is 0.0378 e. The Bertz CT molecular complexity index is 403. The van der Waals surface area contributed by atoms with Crippen molar-refractivity contribution in [2.45, 2.75) is 26.7 Å². The molecule has 0 heterocycles. The van der Waals surface area contributed by atoms with Crippen molar-refractivity contribution < 1.29 is 0 Å². The van der Waals surface area contributed by atoms with Crippen molar-refractivity contribution in [1.82, 2.24) is 5.32 Å². The maximum atomic E-state index is 3.74. The molecule has 0 aliphatic heterocycles. The molecule has 0 unspecified atom stereocenters. The van der Waals surface area contributed by atoms with Crippen LogP contribution in [-0.4, -0.2) is 0 Å². The van der Waals surface area contributed by atoms with Gasteiger partial charge in [0.25, 0.3) is 0 Å². The van der Waals surface area contributed by atoms with E-state index in [4.69, 9.17) is 0 Å². The van der Waals surface area contributed by atoms with Gasteiger partial charge >= 0.3 is 0 Å². The van der Waals surface area contributed by atoms with E-state index >= 15 is 0 Å². The van der Waals surface area contributed by atoms with E-state index in [9.17, 15) is 0 Å². The normalized spacial score (nSPS) is 16.5. The van der Waals surface area contributed by atoms with E-state index in [0.717, 1.165) is 18.5 Å². The summed E-state index contributed by atoms with van der Waals surface area (Å²) >= 11 is 0. The Morgan fingerprint density at radius 1 is 1.47 bits per heavy atom. The molecule has 90 valence electrons. The first kappa shape index (κ1) is 13.3. The molecule has 0 amide bonds. The summed E-state index contributed by atoms with van der Waals surface area (Å²) in [5, 5.41) is 3.42. The SMILES string of the molecule is C=C/C=C(\C=C/CC)NC1=CC=C(C)C=CC1. The summed E-state index contributed by atoms with van der Waals surface area (Å²) in [6, 6.07) is 0. The second-order valence-corrected chi connectivity index (χ2v) is 4.00. The van der Waals surface area contributed by atoms with Crippen LogP contribution in [0.4, 0.5) is 0 Å². The number of rotatable bonds is 5. The Hall–Kier alpha value is -1.76. The van der Waals surface area contributed by atoms with Crippen LogP contribution in [0, 0.1) is 0 Å². The summed E-state index contributed by atoms with van der Waals surface area (Å²) in [6.07, 6.45) is 18.6. The van der Waals surface area contributed by atoms with Gasteiger partial charge in [0.15, 0.2) is 0 Å². The van der Waals surface area contributed by atoms with E-state index in [-0.39, 0.29) is 0 Å². The quantitative estimate of drug-likeness (QED) is 0.686. The average Bonchev–Trinajstić information content (AvgIpc) is 2.52. The molecule has 1 nitrogen and oxygen atoms in total. The van der Waals surface area contributed by atoms with Gasteiger partial charge in [-0.25, -0.2) is 0 Å². The zero-order valence-corrected chi connectivity index (χ0v) is 10.7. The zero-order chi connectivity index (χ0) is 12.5. The molecular weight excluding hydrogens is 206 g/mol. The summed E-state index contributed by atoms with van der Waals surface area (Å²) in [5.74, 6) is 0. The van der Waals surface area contributed by atoms with E-state index < -0.39 is 0 Å². The van der Waals surface area contributed by atoms with Gasteiger partial charge in [0.1, 0.15) is 0 Å². The third-order valence-electron chi connectivity index (χ3n) is 2.40. The summed E-state index contributed by atoms with van der Waals surface area (Å²) < 4.78 is 0. The highest BCUT2D eigenvalue weighted by atomic mass is 14.9. The van der Waals surface area contributed by atoms with Gasteiger partial charge in [-0.2, -0.15) is 0 Å². The van der Waals surface area contributed by atoms with Crippen LogP contribution in [0.5, 0.6) is 0 Å². The van der Waals surface area contributed by atoms with Gasteiger partial charge in [0.05, 0.1) is 0 Å². The smallest absolute Gasteiger partial charge is 0.0378 e. The topological polar surface area (TPSA) is 12.0 Å². The minimum atomic E-state index is 0.933. The lowest BCUT2D eigenvalue weighted by atomic mass is 10.2. The molecule has 0 radical (unpaired) electrons. The fraction of sp³-hybridized carbons (Fsp3) is 0.250. The molecule has 0 aromatic carbocycles. The molecule has 1 aliphatic carbocycles. The molecule has 17 heavy (non-hydrogen) atoms. The Labute approximate surface area is 105 Å². The van der Waals surface area contributed by atoms with Crippen LogP contribution >= 0.6 is 0 Å². The van der Waals surface area contributed by atoms with Crippen molar-refractivity contribution >= 4 is 0 Å². The fourth-order valence-corrected chi connectivity index (χ4v) is 1.52. The Morgan fingerprint density at radius 3 is 3.00 bits per heavy atom. The average molecular weight is 227 g/mol. The van der Waals surface area contributed by atoms with Gasteiger partial charge in [0.2, 0.25) is 0 Å². The first-order valence-corrected chi connectivity index (χ1v) is 6.06. The van der Waals surface area contributed by atoms with Crippen molar-refractivity contribution in [3.05, 3.63) is 72.2 Å². The van der Waals surface area contributed by atoms with Gasteiger partial charge in [0, 0.05) is 17.8 Å². The first-order valence-electron chi connectivity index (χ1n) is 6.06. The third-order valence-corrected chi connectivity index (χ3v) is 2.40. The summed E-state index contributed by atoms with van der Waals surface area (Å²) in [6.45, 7) is 7.97. The summed E-state index contributed by atoms with van der Waals surface area (Å²) in [4.78, 5) is 0. The molecule has 0 aromatic heterocycles. The van der Waals surface area contributed by atoms with E-state index in [1.165, 1.54) is 11.3 Å². The van der Waals surface area contributed by atoms with E-state index in [1.807, 2.05) is 6.08 Å². The predicted octanol–water partition coefficient (Wildman–Crippen LogP) is 4.40. The first-order chi connectivity index (χ1) is 8.26. The largest absolute Gasteiger partial charge is 0.359 e. The van der Waals surface area contributed by atoms with Crippen molar-refractivity contribution in [3.63, 3.8) is 0 Å². The molecule has 0 bridgehead atoms. The molecule has 0 atom stereocenters. The third kappa shape index (κ3) is 5.21. The molecule has 1 N–H and O–H groups in total. The van der Waals surface area contributed by atoms with Crippen molar-refractivity contribution in [1.29, 1.82) is 0 Å². The standard InChI is InChI=1S/C16H21N/c1-4-6-10-15(8-5-2)17-16-11-7-9-14(3)12-13-16/h5-10,12-13,17H,2,4,11H2,1,3H3/b10-6-,15-8+. The van der Waals surface area contributed by atoms with Crippen LogP contribution in [0.1, 0.15) is 26.7 Å². The summed E-state index contributed by atoms with van der Waals surface area (Å²) in [5.41, 5.74) is 3.56. The van der Waals surface area contributed by atoms with Crippen LogP contribution in [0.3, 0.4) is 0 Å². The van der Waals surface area contributed by atoms with Gasteiger partial charge in [-0.15, -0.1) is 0 Å². The summed E-state index contributed by atoms with van der Waals surface area (Å²) in [7, 11) is 0. The zero-order valence-electron chi connectivity index (χ0n) is 10.7. The van der Waals surface area contributed by atoms with Crippen LogP contribution in [0.2, 0.25) is 0 Å². The van der Waals surface area contributed by atoms with Gasteiger partial charge in [-0.05, 0) is 31.6 Å². The maximum absolute atomic E-state index is 3.74. The van der Waals surface area contributed by atoms with Gasteiger partial charge < -0.3 is 5.32 Å². The van der Waals surface area contributed by atoms with E-state index in [1.54, 1.807) is 6.08 Å². The number of hydrogen-bond acceptors (Lipinski definition) is 1. The number of nitrogens with one attached hydrogen (secondary N) is 1. The molecule has 1 aliphatic rings. The number of hydrogen-bond donors (Lipinski definition) is 1. The predicted molar refractivity (Wildman–Crippen MR) is 76.4 cm³/mol. The second kappa shape index (κ2) is 7.50. The van der Waals surface area contributed by atoms with Crippen LogP contribution in [0.15, 0.2) is 72.2 Å². The second-order valence-electron chi connectivity index (χ2n) is 4.00. The lowest BCUT2D eigenvalue weighted by Crippen LogP contribution is -2.10. The molecule has 0 aromatic rings. The molecule has 0 saturated carbocycles. The van der Waals surface area contributed by atoms with Gasteiger partial charge in [-0.3, -0.25) is 0 Å². The van der Waals surface area contributed by atoms with Crippen molar-refractivity contribution in [2.75, 3.05) is 0 Å². The van der Waals surface area contributed by atoms with Crippen LogP contribution in [0.25, 0.3) is 0 Å².